The van der Waals surface area contributed by atoms with Crippen LogP contribution in [0.4, 0.5) is 0 Å². The van der Waals surface area contributed by atoms with E-state index < -0.39 is 0 Å². The Balaban J connectivity index is 1.85. The van der Waals surface area contributed by atoms with Gasteiger partial charge in [0.25, 0.3) is 5.91 Å². The third-order valence-corrected chi connectivity index (χ3v) is 5.49. The summed E-state index contributed by atoms with van der Waals surface area (Å²) in [5.74, 6) is 1.17. The molecule has 0 unspecified atom stereocenters. The first-order valence-electron chi connectivity index (χ1n) is 9.98. The number of fused-ring (bicyclic) bond motifs is 1. The summed E-state index contributed by atoms with van der Waals surface area (Å²) in [6.07, 6.45) is 5.73. The summed E-state index contributed by atoms with van der Waals surface area (Å²) in [7, 11) is 0. The second kappa shape index (κ2) is 7.30. The van der Waals surface area contributed by atoms with E-state index in [1.54, 1.807) is 12.4 Å². The van der Waals surface area contributed by atoms with Crippen molar-refractivity contribution in [3.8, 4) is 11.3 Å². The molecule has 2 aromatic heterocycles. The summed E-state index contributed by atoms with van der Waals surface area (Å²) in [6.45, 7) is 9.12. The average Bonchev–Trinajstić information content (AvgIpc) is 3.12. The van der Waals surface area contributed by atoms with Gasteiger partial charge in [0.15, 0.2) is 0 Å². The fraction of sp³-hybridized carbons (Fsp3) is 0.391. The van der Waals surface area contributed by atoms with Gasteiger partial charge in [-0.3, -0.25) is 4.79 Å². The predicted octanol–water partition coefficient (Wildman–Crippen LogP) is 4.75. The topological polar surface area (TPSA) is 59.0 Å². The maximum atomic E-state index is 13.4. The van der Waals surface area contributed by atoms with Gasteiger partial charge in [-0.2, -0.15) is 0 Å². The van der Waals surface area contributed by atoms with Gasteiger partial charge < -0.3 is 4.90 Å². The minimum Gasteiger partial charge on any atom is -0.336 e. The number of rotatable bonds is 3. The molecule has 5 nitrogen and oxygen atoms in total. The van der Waals surface area contributed by atoms with Crippen LogP contribution in [-0.4, -0.2) is 38.3 Å². The lowest BCUT2D eigenvalue weighted by atomic mass is 10.0. The van der Waals surface area contributed by atoms with E-state index in [0.717, 1.165) is 52.9 Å². The molecule has 3 aromatic rings. The molecule has 0 bridgehead atoms. The molecule has 1 aliphatic heterocycles. The third-order valence-electron chi connectivity index (χ3n) is 5.49. The van der Waals surface area contributed by atoms with Gasteiger partial charge in [0.1, 0.15) is 5.82 Å². The first-order valence-corrected chi connectivity index (χ1v) is 9.98. The average molecular weight is 374 g/mol. The number of pyridine rings is 1. The van der Waals surface area contributed by atoms with Crippen molar-refractivity contribution in [2.45, 2.75) is 52.5 Å². The van der Waals surface area contributed by atoms with Crippen molar-refractivity contribution >= 4 is 16.8 Å². The number of likely N-dealkylation sites (tertiary alicyclic amines) is 1. The molecule has 144 valence electrons. The van der Waals surface area contributed by atoms with E-state index in [-0.39, 0.29) is 17.9 Å². The lowest BCUT2D eigenvalue weighted by Crippen LogP contribution is -2.33. The molecule has 1 fully saturated rings. The summed E-state index contributed by atoms with van der Waals surface area (Å²) >= 11 is 0. The predicted molar refractivity (Wildman–Crippen MR) is 111 cm³/mol. The van der Waals surface area contributed by atoms with Crippen molar-refractivity contribution in [1.82, 2.24) is 19.9 Å². The second-order valence-corrected chi connectivity index (χ2v) is 8.05. The number of hydrogen-bond acceptors (Lipinski definition) is 4. The minimum atomic E-state index is 0.0854. The van der Waals surface area contributed by atoms with Gasteiger partial charge >= 0.3 is 0 Å². The third kappa shape index (κ3) is 3.37. The molecule has 4 rings (SSSR count). The number of carbonyl (C=O) groups excluding carboxylic acids is 1. The molecule has 0 N–H and O–H groups in total. The molecule has 1 atom stereocenters. The first kappa shape index (κ1) is 18.5. The number of hydrogen-bond donors (Lipinski definition) is 0. The highest BCUT2D eigenvalue weighted by molar-refractivity contribution is 6.07. The van der Waals surface area contributed by atoms with Crippen LogP contribution in [0.2, 0.25) is 0 Å². The minimum absolute atomic E-state index is 0.0854. The molecule has 0 aliphatic carbocycles. The molecule has 1 aromatic carbocycles. The highest BCUT2D eigenvalue weighted by Crippen LogP contribution is 2.28. The molecular weight excluding hydrogens is 348 g/mol. The van der Waals surface area contributed by atoms with Gasteiger partial charge in [0, 0.05) is 41.8 Å². The van der Waals surface area contributed by atoms with Gasteiger partial charge in [-0.05, 0) is 44.4 Å². The zero-order valence-electron chi connectivity index (χ0n) is 16.9. The van der Waals surface area contributed by atoms with Crippen molar-refractivity contribution in [1.29, 1.82) is 0 Å². The van der Waals surface area contributed by atoms with E-state index in [2.05, 4.69) is 30.7 Å². The van der Waals surface area contributed by atoms with Crippen LogP contribution < -0.4 is 0 Å². The Morgan fingerprint density at radius 2 is 1.93 bits per heavy atom. The summed E-state index contributed by atoms with van der Waals surface area (Å²) < 4.78 is 0. The molecular formula is C23H26N4O. The summed E-state index contributed by atoms with van der Waals surface area (Å²) in [5, 5.41) is 0.901. The lowest BCUT2D eigenvalue weighted by molar-refractivity contribution is 0.0749. The number of carbonyl (C=O) groups is 1. The molecule has 1 aliphatic rings. The molecule has 0 saturated carbocycles. The van der Waals surface area contributed by atoms with Gasteiger partial charge in [0.05, 0.1) is 16.8 Å². The van der Waals surface area contributed by atoms with Gasteiger partial charge in [-0.1, -0.05) is 26.0 Å². The van der Waals surface area contributed by atoms with E-state index in [4.69, 9.17) is 4.98 Å². The quantitative estimate of drug-likeness (QED) is 0.664. The second-order valence-electron chi connectivity index (χ2n) is 8.05. The molecule has 1 amide bonds. The zero-order valence-corrected chi connectivity index (χ0v) is 16.9. The van der Waals surface area contributed by atoms with E-state index in [1.807, 2.05) is 36.1 Å². The van der Waals surface area contributed by atoms with Crippen LogP contribution in [0.3, 0.4) is 0 Å². The zero-order chi connectivity index (χ0) is 19.8. The number of aryl methyl sites for hydroxylation is 1. The van der Waals surface area contributed by atoms with Crippen molar-refractivity contribution in [3.05, 3.63) is 53.6 Å². The Kier molecular flexibility index (Phi) is 4.84. The number of amides is 1. The molecule has 0 spiro atoms. The monoisotopic (exact) mass is 374 g/mol. The SMILES string of the molecule is Cc1ccc2c(C(=O)N3CCC[C@@H]3C)cc(-c3cnc(C(C)C)nc3)nc2c1. The summed E-state index contributed by atoms with van der Waals surface area (Å²) in [4.78, 5) is 29.1. The largest absolute Gasteiger partial charge is 0.336 e. The standard InChI is InChI=1S/C23H26N4O/c1-14(2)22-24-12-17(13-25-22)20-11-19(23(28)27-9-5-6-16(27)4)18-8-7-15(3)10-21(18)26-20/h7-8,10-14,16H,5-6,9H2,1-4H3/t16-/m0/s1. The maximum Gasteiger partial charge on any atom is 0.254 e. The van der Waals surface area contributed by atoms with Crippen molar-refractivity contribution in [2.75, 3.05) is 6.54 Å². The van der Waals surface area contributed by atoms with Gasteiger partial charge in [0.2, 0.25) is 0 Å². The maximum absolute atomic E-state index is 13.4. The van der Waals surface area contributed by atoms with Crippen LogP contribution in [0.1, 0.15) is 61.3 Å². The summed E-state index contributed by atoms with van der Waals surface area (Å²) in [5.41, 5.74) is 4.23. The van der Waals surface area contributed by atoms with Crippen LogP contribution in [0.25, 0.3) is 22.2 Å². The Labute approximate surface area is 165 Å². The van der Waals surface area contributed by atoms with Crippen LogP contribution in [-0.2, 0) is 0 Å². The Bertz CT molecular complexity index is 1030. The van der Waals surface area contributed by atoms with Gasteiger partial charge in [-0.15, -0.1) is 0 Å². The first-order chi connectivity index (χ1) is 13.4. The Hall–Kier alpha value is -2.82. The molecule has 1 saturated heterocycles. The van der Waals surface area contributed by atoms with Crippen LogP contribution >= 0.6 is 0 Å². The summed E-state index contributed by atoms with van der Waals surface area (Å²) in [6, 6.07) is 8.26. The van der Waals surface area contributed by atoms with E-state index in [0.29, 0.717) is 5.56 Å². The molecule has 3 heterocycles. The van der Waals surface area contributed by atoms with E-state index in [1.165, 1.54) is 0 Å². The number of aromatic nitrogens is 3. The van der Waals surface area contributed by atoms with Crippen molar-refractivity contribution in [3.63, 3.8) is 0 Å². The Morgan fingerprint density at radius 3 is 2.57 bits per heavy atom. The van der Waals surface area contributed by atoms with Crippen LogP contribution in [0.5, 0.6) is 0 Å². The molecule has 5 heteroatoms. The van der Waals surface area contributed by atoms with E-state index >= 15 is 0 Å². The number of nitrogens with zero attached hydrogens (tertiary/aromatic N) is 4. The lowest BCUT2D eigenvalue weighted by Gasteiger charge is -2.22. The molecule has 28 heavy (non-hydrogen) atoms. The fourth-order valence-corrected chi connectivity index (χ4v) is 3.82. The normalized spacial score (nSPS) is 16.9. The van der Waals surface area contributed by atoms with Gasteiger partial charge in [-0.25, -0.2) is 15.0 Å². The van der Waals surface area contributed by atoms with Crippen LogP contribution in [0, 0.1) is 6.92 Å². The Morgan fingerprint density at radius 1 is 1.18 bits per heavy atom. The van der Waals surface area contributed by atoms with Crippen molar-refractivity contribution < 1.29 is 4.79 Å². The highest BCUT2D eigenvalue weighted by atomic mass is 16.2. The smallest absolute Gasteiger partial charge is 0.254 e. The number of benzene rings is 1. The highest BCUT2D eigenvalue weighted by Gasteiger charge is 2.27. The van der Waals surface area contributed by atoms with E-state index in [9.17, 15) is 4.79 Å². The van der Waals surface area contributed by atoms with Crippen LogP contribution in [0.15, 0.2) is 36.7 Å². The fourth-order valence-electron chi connectivity index (χ4n) is 3.82. The molecule has 0 radical (unpaired) electrons. The van der Waals surface area contributed by atoms with Crippen molar-refractivity contribution in [2.24, 2.45) is 0 Å².